The highest BCUT2D eigenvalue weighted by Gasteiger charge is 2.33. The van der Waals surface area contributed by atoms with E-state index in [1.165, 1.54) is 13.8 Å². The number of carboxylic acid groups (broad SMARTS) is 3. The van der Waals surface area contributed by atoms with Crippen molar-refractivity contribution in [3.8, 4) is 12.3 Å². The molecule has 0 saturated heterocycles. The minimum absolute atomic E-state index is 0.436. The Bertz CT molecular complexity index is 956. The van der Waals surface area contributed by atoms with E-state index in [9.17, 15) is 38.4 Å². The predicted molar refractivity (Wildman–Crippen MR) is 135 cm³/mol. The Labute approximate surface area is 225 Å². The van der Waals surface area contributed by atoms with Gasteiger partial charge in [0.15, 0.2) is 5.78 Å². The van der Waals surface area contributed by atoms with Crippen LogP contribution < -0.4 is 21.3 Å². The van der Waals surface area contributed by atoms with Gasteiger partial charge in [0.1, 0.15) is 18.1 Å². The average Bonchev–Trinajstić information content (AvgIpc) is 2.78. The number of nitrogens with one attached hydrogen (secondary N) is 4. The first-order valence-corrected chi connectivity index (χ1v) is 11.7. The number of aliphatic carboxylic acids is 3. The first kappa shape index (κ1) is 36.7. The minimum atomic E-state index is -1.56. The molecular weight excluding hydrogens is 520 g/mol. The summed E-state index contributed by atoms with van der Waals surface area (Å²) >= 11 is 0. The molecule has 0 aliphatic rings. The van der Waals surface area contributed by atoms with Gasteiger partial charge < -0.3 is 36.6 Å². The SMILES string of the molecule is C#CC.CC(=O)NC(CC(=O)O)C(=O)NC(CCC(=O)O)C(=O)NC(C(=O)NC(CC(=O)O)C(C)=O)C(C)C. The number of carbonyl (C=O) groups excluding carboxylic acids is 5. The van der Waals surface area contributed by atoms with Gasteiger partial charge in [-0.25, -0.2) is 0 Å². The Morgan fingerprint density at radius 1 is 0.692 bits per heavy atom. The maximum Gasteiger partial charge on any atom is 0.305 e. The molecule has 218 valence electrons. The van der Waals surface area contributed by atoms with E-state index in [1.54, 1.807) is 6.92 Å². The van der Waals surface area contributed by atoms with Crippen LogP contribution in [0.1, 0.15) is 60.3 Å². The van der Waals surface area contributed by atoms with E-state index in [4.69, 9.17) is 15.3 Å². The molecule has 7 N–H and O–H groups in total. The fraction of sp³-hybridized carbons (Fsp3) is 0.583. The number of carboxylic acids is 3. The molecule has 15 heteroatoms. The molecule has 4 unspecified atom stereocenters. The van der Waals surface area contributed by atoms with Crippen LogP contribution in [0.5, 0.6) is 0 Å². The van der Waals surface area contributed by atoms with Crippen LogP contribution in [0, 0.1) is 18.3 Å². The molecule has 0 rings (SSSR count). The summed E-state index contributed by atoms with van der Waals surface area (Å²) in [6.07, 6.45) is 2.08. The number of terminal acetylenes is 1. The van der Waals surface area contributed by atoms with Gasteiger partial charge in [-0.3, -0.25) is 38.4 Å². The van der Waals surface area contributed by atoms with Gasteiger partial charge in [0.2, 0.25) is 23.6 Å². The second kappa shape index (κ2) is 18.7. The Hall–Kier alpha value is -4.48. The van der Waals surface area contributed by atoms with Crippen molar-refractivity contribution in [3.05, 3.63) is 0 Å². The molecule has 0 aromatic carbocycles. The molecule has 39 heavy (non-hydrogen) atoms. The van der Waals surface area contributed by atoms with Gasteiger partial charge in [0.25, 0.3) is 0 Å². The van der Waals surface area contributed by atoms with Crippen molar-refractivity contribution in [2.45, 2.75) is 84.5 Å². The van der Waals surface area contributed by atoms with Crippen molar-refractivity contribution < 1.29 is 53.7 Å². The Morgan fingerprint density at radius 3 is 1.51 bits per heavy atom. The van der Waals surface area contributed by atoms with Crippen LogP contribution in [-0.4, -0.2) is 86.8 Å². The average molecular weight is 557 g/mol. The summed E-state index contributed by atoms with van der Waals surface area (Å²) in [6.45, 7) is 6.85. The quantitative estimate of drug-likeness (QED) is 0.109. The Morgan fingerprint density at radius 2 is 1.13 bits per heavy atom. The van der Waals surface area contributed by atoms with Gasteiger partial charge >= 0.3 is 17.9 Å². The highest BCUT2D eigenvalue weighted by atomic mass is 16.4. The maximum absolute atomic E-state index is 12.9. The van der Waals surface area contributed by atoms with Crippen molar-refractivity contribution in [1.82, 2.24) is 21.3 Å². The van der Waals surface area contributed by atoms with E-state index in [-0.39, 0.29) is 0 Å². The van der Waals surface area contributed by atoms with Crippen molar-refractivity contribution in [2.75, 3.05) is 0 Å². The number of rotatable bonds is 16. The Balaban J connectivity index is 0. The normalized spacial score (nSPS) is 13.1. The van der Waals surface area contributed by atoms with Crippen LogP contribution in [-0.2, 0) is 38.4 Å². The van der Waals surface area contributed by atoms with E-state index in [0.29, 0.717) is 0 Å². The molecular formula is C24H36N4O11. The third kappa shape index (κ3) is 16.8. The monoisotopic (exact) mass is 556 g/mol. The highest BCUT2D eigenvalue weighted by molar-refractivity contribution is 5.97. The van der Waals surface area contributed by atoms with Crippen LogP contribution in [0.25, 0.3) is 0 Å². The number of hydrogen-bond donors (Lipinski definition) is 7. The lowest BCUT2D eigenvalue weighted by Gasteiger charge is -2.27. The van der Waals surface area contributed by atoms with Crippen LogP contribution in [0.15, 0.2) is 0 Å². The molecule has 0 saturated carbocycles. The molecule has 0 fully saturated rings. The zero-order valence-corrected chi connectivity index (χ0v) is 22.4. The van der Waals surface area contributed by atoms with Crippen molar-refractivity contribution >= 4 is 47.3 Å². The second-order valence-corrected chi connectivity index (χ2v) is 8.63. The second-order valence-electron chi connectivity index (χ2n) is 8.63. The number of Topliss-reactive ketones (excluding diaryl/α,β-unsaturated/α-hetero) is 1. The Kier molecular flexibility index (Phi) is 17.6. The summed E-state index contributed by atoms with van der Waals surface area (Å²) in [7, 11) is 0. The van der Waals surface area contributed by atoms with Crippen LogP contribution >= 0.6 is 0 Å². The van der Waals surface area contributed by atoms with Gasteiger partial charge in [0, 0.05) is 13.3 Å². The van der Waals surface area contributed by atoms with Gasteiger partial charge in [-0.15, -0.1) is 12.3 Å². The van der Waals surface area contributed by atoms with Crippen LogP contribution in [0.3, 0.4) is 0 Å². The fourth-order valence-corrected chi connectivity index (χ4v) is 2.96. The van der Waals surface area contributed by atoms with Crippen molar-refractivity contribution in [2.24, 2.45) is 5.92 Å². The number of carbonyl (C=O) groups is 8. The molecule has 0 aliphatic heterocycles. The van der Waals surface area contributed by atoms with Crippen molar-refractivity contribution in [1.29, 1.82) is 0 Å². The third-order valence-electron chi connectivity index (χ3n) is 4.79. The molecule has 4 atom stereocenters. The van der Waals surface area contributed by atoms with E-state index in [1.807, 2.05) is 0 Å². The molecule has 15 nitrogen and oxygen atoms in total. The first-order chi connectivity index (χ1) is 18.0. The summed E-state index contributed by atoms with van der Waals surface area (Å²) in [5, 5.41) is 35.8. The lowest BCUT2D eigenvalue weighted by Crippen LogP contribution is -2.59. The lowest BCUT2D eigenvalue weighted by atomic mass is 10.0. The molecule has 0 heterocycles. The minimum Gasteiger partial charge on any atom is -0.481 e. The summed E-state index contributed by atoms with van der Waals surface area (Å²) in [5.41, 5.74) is 0. The molecule has 0 spiro atoms. The lowest BCUT2D eigenvalue weighted by molar-refractivity contribution is -0.142. The number of amides is 4. The zero-order valence-electron chi connectivity index (χ0n) is 22.4. The topological polar surface area (TPSA) is 245 Å². The van der Waals surface area contributed by atoms with Crippen LogP contribution in [0.2, 0.25) is 0 Å². The van der Waals surface area contributed by atoms with Crippen LogP contribution in [0.4, 0.5) is 0 Å². The van der Waals surface area contributed by atoms with Gasteiger partial charge in [0.05, 0.1) is 18.9 Å². The van der Waals surface area contributed by atoms with E-state index in [0.717, 1.165) is 13.8 Å². The summed E-state index contributed by atoms with van der Waals surface area (Å²) in [6, 6.07) is -5.75. The molecule has 0 aromatic heterocycles. The number of ketones is 1. The van der Waals surface area contributed by atoms with Gasteiger partial charge in [-0.1, -0.05) is 13.8 Å². The molecule has 4 amide bonds. The molecule has 0 bridgehead atoms. The van der Waals surface area contributed by atoms with Crippen molar-refractivity contribution in [3.63, 3.8) is 0 Å². The van der Waals surface area contributed by atoms with E-state index in [2.05, 4.69) is 33.6 Å². The highest BCUT2D eigenvalue weighted by Crippen LogP contribution is 2.07. The smallest absolute Gasteiger partial charge is 0.305 e. The predicted octanol–water partition coefficient (Wildman–Crippen LogP) is -1.36. The van der Waals surface area contributed by atoms with Gasteiger partial charge in [-0.2, -0.15) is 0 Å². The molecule has 0 radical (unpaired) electrons. The fourth-order valence-electron chi connectivity index (χ4n) is 2.96. The first-order valence-electron chi connectivity index (χ1n) is 11.7. The van der Waals surface area contributed by atoms with E-state index < -0.39 is 103 Å². The maximum atomic E-state index is 12.9. The third-order valence-corrected chi connectivity index (χ3v) is 4.79. The molecule has 0 aliphatic carbocycles. The largest absolute Gasteiger partial charge is 0.481 e. The summed E-state index contributed by atoms with van der Waals surface area (Å²) in [5.74, 6) is -6.70. The zero-order chi connectivity index (χ0) is 30.9. The summed E-state index contributed by atoms with van der Waals surface area (Å²) < 4.78 is 0. The standard InChI is InChI=1S/C21H32N4O11.C3H4/c1-9(2)18(21(36)24-13(10(3)26)7-16(30)31)25-19(34)12(5-6-15(28)29)23-20(35)14(8-17(32)33)22-11(4)27;1-3-2/h9,12-14,18H,5-8H2,1-4H3,(H,22,27)(H,23,35)(H,24,36)(H,25,34)(H,28,29)(H,30,31)(H,32,33);1H,2H3. The number of hydrogen-bond acceptors (Lipinski definition) is 8. The summed E-state index contributed by atoms with van der Waals surface area (Å²) in [4.78, 5) is 94.2. The van der Waals surface area contributed by atoms with Gasteiger partial charge in [-0.05, 0) is 26.2 Å². The van der Waals surface area contributed by atoms with E-state index >= 15 is 0 Å². The molecule has 0 aromatic rings.